The Balaban J connectivity index is 2.03. The molecule has 1 heterocycles. The second-order valence-corrected chi connectivity index (χ2v) is 5.31. The highest BCUT2D eigenvalue weighted by Gasteiger charge is 2.09. The molecule has 0 radical (unpaired) electrons. The summed E-state index contributed by atoms with van der Waals surface area (Å²) in [6.45, 7) is 7.28. The fraction of sp³-hybridized carbons (Fsp3) is 0.438. The molecule has 1 aromatic heterocycles. The van der Waals surface area contributed by atoms with E-state index in [1.807, 2.05) is 35.3 Å². The fourth-order valence-corrected chi connectivity index (χ4v) is 2.31. The molecule has 0 amide bonds. The Morgan fingerprint density at radius 1 is 1.33 bits per heavy atom. The molecule has 0 aliphatic rings. The molecule has 1 aromatic carbocycles. The van der Waals surface area contributed by atoms with E-state index in [0.29, 0.717) is 11.6 Å². The van der Waals surface area contributed by atoms with Gasteiger partial charge in [-0.05, 0) is 26.0 Å². The Bertz CT molecular complexity index is 568. The van der Waals surface area contributed by atoms with Crippen LogP contribution in [-0.4, -0.2) is 16.3 Å². The van der Waals surface area contributed by atoms with Crippen LogP contribution in [0.3, 0.4) is 0 Å². The molecule has 4 nitrogen and oxygen atoms in total. The number of hydrogen-bond acceptors (Lipinski definition) is 3. The molecule has 0 aliphatic carbocycles. The number of nitrogens with one attached hydrogen (secondary N) is 1. The highest BCUT2D eigenvalue weighted by atomic mass is 35.5. The van der Waals surface area contributed by atoms with Gasteiger partial charge in [-0.1, -0.05) is 30.7 Å². The van der Waals surface area contributed by atoms with Crippen molar-refractivity contribution in [2.75, 3.05) is 6.54 Å². The molecule has 5 heteroatoms. The second kappa shape index (κ2) is 8.05. The van der Waals surface area contributed by atoms with Gasteiger partial charge in [0.15, 0.2) is 0 Å². The Morgan fingerprint density at radius 2 is 2.19 bits per heavy atom. The average molecular weight is 308 g/mol. The highest BCUT2D eigenvalue weighted by Crippen LogP contribution is 2.29. The van der Waals surface area contributed by atoms with Crippen molar-refractivity contribution >= 4 is 11.6 Å². The van der Waals surface area contributed by atoms with Crippen molar-refractivity contribution in [1.29, 1.82) is 0 Å². The van der Waals surface area contributed by atoms with Crippen LogP contribution in [0.5, 0.6) is 5.75 Å². The summed E-state index contributed by atoms with van der Waals surface area (Å²) in [6, 6.07) is 5.85. The van der Waals surface area contributed by atoms with E-state index in [2.05, 4.69) is 24.3 Å². The first-order chi connectivity index (χ1) is 10.2. The molecule has 0 unspecified atom stereocenters. The van der Waals surface area contributed by atoms with Crippen LogP contribution in [0.15, 0.2) is 30.6 Å². The van der Waals surface area contributed by atoms with Crippen LogP contribution >= 0.6 is 11.6 Å². The van der Waals surface area contributed by atoms with Crippen molar-refractivity contribution in [3.05, 3.63) is 46.7 Å². The van der Waals surface area contributed by atoms with E-state index in [0.717, 1.165) is 42.9 Å². The van der Waals surface area contributed by atoms with Gasteiger partial charge < -0.3 is 10.1 Å². The monoisotopic (exact) mass is 307 g/mol. The topological polar surface area (TPSA) is 39.1 Å². The number of aryl methyl sites for hydroxylation is 1. The number of hydrogen-bond donors (Lipinski definition) is 1. The first-order valence-electron chi connectivity index (χ1n) is 7.36. The van der Waals surface area contributed by atoms with Crippen LogP contribution in [0.25, 0.3) is 0 Å². The van der Waals surface area contributed by atoms with E-state index in [1.54, 1.807) is 0 Å². The highest BCUT2D eigenvalue weighted by molar-refractivity contribution is 6.32. The molecular formula is C16H22ClN3O. The van der Waals surface area contributed by atoms with Gasteiger partial charge in [-0.3, -0.25) is 4.68 Å². The van der Waals surface area contributed by atoms with Crippen LogP contribution in [0, 0.1) is 0 Å². The zero-order valence-electron chi connectivity index (χ0n) is 12.6. The van der Waals surface area contributed by atoms with E-state index < -0.39 is 0 Å². The number of para-hydroxylation sites is 1. The molecule has 1 N–H and O–H groups in total. The third-order valence-corrected chi connectivity index (χ3v) is 3.48. The Labute approximate surface area is 131 Å². The van der Waals surface area contributed by atoms with Gasteiger partial charge in [-0.25, -0.2) is 0 Å². The van der Waals surface area contributed by atoms with Crippen molar-refractivity contribution in [2.45, 2.75) is 40.0 Å². The molecule has 0 saturated carbocycles. The predicted octanol–water partition coefficient (Wildman–Crippen LogP) is 3.64. The standard InChI is InChI=1S/C16H22ClN3O/c1-3-8-18-10-14-6-5-7-15(17)16(14)21-12-13-9-19-20(4-2)11-13/h5-7,9,11,18H,3-4,8,10,12H2,1-2H3. The summed E-state index contributed by atoms with van der Waals surface area (Å²) in [5.74, 6) is 0.756. The van der Waals surface area contributed by atoms with Crippen molar-refractivity contribution in [3.8, 4) is 5.75 Å². The second-order valence-electron chi connectivity index (χ2n) is 4.90. The quantitative estimate of drug-likeness (QED) is 0.757. The van der Waals surface area contributed by atoms with Gasteiger partial charge in [-0.2, -0.15) is 5.10 Å². The average Bonchev–Trinajstić information content (AvgIpc) is 2.95. The lowest BCUT2D eigenvalue weighted by Crippen LogP contribution is -2.14. The maximum Gasteiger partial charge on any atom is 0.142 e. The molecular weight excluding hydrogens is 286 g/mol. The molecule has 114 valence electrons. The van der Waals surface area contributed by atoms with Crippen LogP contribution in [0.1, 0.15) is 31.4 Å². The summed E-state index contributed by atoms with van der Waals surface area (Å²) >= 11 is 6.27. The predicted molar refractivity (Wildman–Crippen MR) is 85.7 cm³/mol. The summed E-state index contributed by atoms with van der Waals surface area (Å²) < 4.78 is 7.80. The number of benzene rings is 1. The number of nitrogens with zero attached hydrogens (tertiary/aromatic N) is 2. The fourth-order valence-electron chi connectivity index (χ4n) is 2.06. The first kappa shape index (κ1) is 15.9. The minimum Gasteiger partial charge on any atom is -0.487 e. The summed E-state index contributed by atoms with van der Waals surface area (Å²) in [4.78, 5) is 0. The number of rotatable bonds is 8. The van der Waals surface area contributed by atoms with Gasteiger partial charge in [0.25, 0.3) is 0 Å². The molecule has 0 saturated heterocycles. The molecule has 0 atom stereocenters. The van der Waals surface area contributed by atoms with E-state index in [4.69, 9.17) is 16.3 Å². The smallest absolute Gasteiger partial charge is 0.142 e. The van der Waals surface area contributed by atoms with Crippen molar-refractivity contribution < 1.29 is 4.74 Å². The zero-order chi connectivity index (χ0) is 15.1. The van der Waals surface area contributed by atoms with Crippen LogP contribution < -0.4 is 10.1 Å². The lowest BCUT2D eigenvalue weighted by molar-refractivity contribution is 0.302. The largest absolute Gasteiger partial charge is 0.487 e. The molecule has 21 heavy (non-hydrogen) atoms. The van der Waals surface area contributed by atoms with Crippen LogP contribution in [0.2, 0.25) is 5.02 Å². The third-order valence-electron chi connectivity index (χ3n) is 3.18. The zero-order valence-corrected chi connectivity index (χ0v) is 13.4. The maximum atomic E-state index is 6.27. The number of ether oxygens (including phenoxy) is 1. The molecule has 0 spiro atoms. The normalized spacial score (nSPS) is 10.8. The number of aromatic nitrogens is 2. The van der Waals surface area contributed by atoms with Gasteiger partial charge >= 0.3 is 0 Å². The first-order valence-corrected chi connectivity index (χ1v) is 7.74. The summed E-state index contributed by atoms with van der Waals surface area (Å²) in [5.41, 5.74) is 2.13. The molecule has 0 fully saturated rings. The number of halogens is 1. The van der Waals surface area contributed by atoms with E-state index in [-0.39, 0.29) is 0 Å². The lowest BCUT2D eigenvalue weighted by atomic mass is 10.2. The SMILES string of the molecule is CCCNCc1cccc(Cl)c1OCc1cnn(CC)c1. The Hall–Kier alpha value is -1.52. The maximum absolute atomic E-state index is 6.27. The minimum atomic E-state index is 0.477. The van der Waals surface area contributed by atoms with Crippen LogP contribution in [-0.2, 0) is 19.7 Å². The van der Waals surface area contributed by atoms with Crippen molar-refractivity contribution in [2.24, 2.45) is 0 Å². The Kier molecular flexibility index (Phi) is 6.08. The molecule has 2 aromatic rings. The van der Waals surface area contributed by atoms with Gasteiger partial charge in [0, 0.05) is 30.4 Å². The Morgan fingerprint density at radius 3 is 2.90 bits per heavy atom. The van der Waals surface area contributed by atoms with Crippen LogP contribution in [0.4, 0.5) is 0 Å². The van der Waals surface area contributed by atoms with Gasteiger partial charge in [0.2, 0.25) is 0 Å². The summed E-state index contributed by atoms with van der Waals surface area (Å²) in [7, 11) is 0. The van der Waals surface area contributed by atoms with Gasteiger partial charge in [0.1, 0.15) is 12.4 Å². The molecule has 0 aliphatic heterocycles. The summed E-state index contributed by atoms with van der Waals surface area (Å²) in [5, 5.41) is 8.27. The molecule has 2 rings (SSSR count). The summed E-state index contributed by atoms with van der Waals surface area (Å²) in [6.07, 6.45) is 4.92. The van der Waals surface area contributed by atoms with Crippen molar-refractivity contribution in [3.63, 3.8) is 0 Å². The lowest BCUT2D eigenvalue weighted by Gasteiger charge is -2.13. The van der Waals surface area contributed by atoms with Gasteiger partial charge in [-0.15, -0.1) is 0 Å². The van der Waals surface area contributed by atoms with E-state index >= 15 is 0 Å². The van der Waals surface area contributed by atoms with E-state index in [9.17, 15) is 0 Å². The third kappa shape index (κ3) is 4.48. The minimum absolute atomic E-state index is 0.477. The van der Waals surface area contributed by atoms with E-state index in [1.165, 1.54) is 0 Å². The van der Waals surface area contributed by atoms with Gasteiger partial charge in [0.05, 0.1) is 11.2 Å². The van der Waals surface area contributed by atoms with Crippen molar-refractivity contribution in [1.82, 2.24) is 15.1 Å². The molecule has 0 bridgehead atoms.